The van der Waals surface area contributed by atoms with E-state index >= 15 is 0 Å². The zero-order valence-electron chi connectivity index (χ0n) is 12.6. The molecule has 0 aliphatic carbocycles. The van der Waals surface area contributed by atoms with Gasteiger partial charge in [-0.15, -0.1) is 0 Å². The smallest absolute Gasteiger partial charge is 0.160 e. The molecule has 21 heavy (non-hydrogen) atoms. The first-order chi connectivity index (χ1) is 10.2. The molecule has 0 spiro atoms. The second-order valence-electron chi connectivity index (χ2n) is 5.74. The summed E-state index contributed by atoms with van der Waals surface area (Å²) in [5.41, 5.74) is 8.69. The Balaban J connectivity index is 1.82. The highest BCUT2D eigenvalue weighted by atomic mass is 16.6. The minimum atomic E-state index is -0.00901. The zero-order chi connectivity index (χ0) is 14.9. The predicted molar refractivity (Wildman–Crippen MR) is 82.1 cm³/mol. The fourth-order valence-electron chi connectivity index (χ4n) is 3.12. The molecule has 6 heteroatoms. The van der Waals surface area contributed by atoms with Crippen molar-refractivity contribution in [2.75, 3.05) is 17.7 Å². The largest absolute Gasteiger partial charge is 0.397 e. The highest BCUT2D eigenvalue weighted by Gasteiger charge is 2.34. The van der Waals surface area contributed by atoms with Crippen LogP contribution in [0.4, 0.5) is 11.4 Å². The average Bonchev–Trinajstić information content (AvgIpc) is 3.01. The van der Waals surface area contributed by atoms with Gasteiger partial charge in [0.25, 0.3) is 0 Å². The van der Waals surface area contributed by atoms with Gasteiger partial charge >= 0.3 is 0 Å². The summed E-state index contributed by atoms with van der Waals surface area (Å²) in [4.78, 5) is 0. The van der Waals surface area contributed by atoms with Crippen LogP contribution in [0.5, 0.6) is 0 Å². The maximum Gasteiger partial charge on any atom is 0.160 e. The van der Waals surface area contributed by atoms with Crippen molar-refractivity contribution in [2.45, 2.75) is 51.2 Å². The quantitative estimate of drug-likeness (QED) is 0.842. The Morgan fingerprint density at radius 3 is 2.81 bits per heavy atom. The van der Waals surface area contributed by atoms with Crippen LogP contribution in [0.25, 0.3) is 11.0 Å². The predicted octanol–water partition coefficient (Wildman–Crippen LogP) is 2.95. The molecule has 1 fully saturated rings. The number of rotatable bonds is 4. The highest BCUT2D eigenvalue weighted by Crippen LogP contribution is 2.34. The highest BCUT2D eigenvalue weighted by molar-refractivity contribution is 5.95. The van der Waals surface area contributed by atoms with Gasteiger partial charge in [-0.05, 0) is 48.1 Å². The van der Waals surface area contributed by atoms with E-state index in [4.69, 9.17) is 15.1 Å². The van der Waals surface area contributed by atoms with E-state index in [0.29, 0.717) is 22.8 Å². The number of hydrogen-bond donors (Lipinski definition) is 2. The van der Waals surface area contributed by atoms with Gasteiger partial charge in [0.15, 0.2) is 11.0 Å². The average molecular weight is 290 g/mol. The molecule has 2 heterocycles. The van der Waals surface area contributed by atoms with Crippen molar-refractivity contribution in [1.82, 2.24) is 10.3 Å². The standard InChI is InChI=1S/C15H22N4O2/c1-3-15(4-2)9-10(7-8-20-15)17-12-6-5-11(16)13-14(12)19-21-18-13/h5-6,10,17H,3-4,7-9,16H2,1-2H3. The molecule has 1 aliphatic heterocycles. The van der Waals surface area contributed by atoms with Crippen molar-refractivity contribution >= 4 is 22.4 Å². The van der Waals surface area contributed by atoms with E-state index in [2.05, 4.69) is 29.5 Å². The van der Waals surface area contributed by atoms with Gasteiger partial charge in [0, 0.05) is 12.6 Å². The fourth-order valence-corrected chi connectivity index (χ4v) is 3.12. The number of benzene rings is 1. The molecule has 3 rings (SSSR count). The Hall–Kier alpha value is -1.82. The van der Waals surface area contributed by atoms with Crippen molar-refractivity contribution in [1.29, 1.82) is 0 Å². The molecule has 0 saturated carbocycles. The molecule has 1 aromatic carbocycles. The lowest BCUT2D eigenvalue weighted by atomic mass is 9.86. The van der Waals surface area contributed by atoms with Crippen LogP contribution in [0.1, 0.15) is 39.5 Å². The fraction of sp³-hybridized carbons (Fsp3) is 0.600. The number of nitrogen functional groups attached to an aromatic ring is 1. The van der Waals surface area contributed by atoms with Crippen LogP contribution in [0.2, 0.25) is 0 Å². The molecular formula is C15H22N4O2. The van der Waals surface area contributed by atoms with Gasteiger partial charge in [0.05, 0.1) is 17.0 Å². The van der Waals surface area contributed by atoms with E-state index in [1.165, 1.54) is 0 Å². The maximum atomic E-state index is 6.02. The Morgan fingerprint density at radius 2 is 2.05 bits per heavy atom. The van der Waals surface area contributed by atoms with Gasteiger partial charge in [-0.1, -0.05) is 13.8 Å². The number of ether oxygens (including phenoxy) is 1. The van der Waals surface area contributed by atoms with Gasteiger partial charge in [0.2, 0.25) is 0 Å². The number of aromatic nitrogens is 2. The first-order valence-electron chi connectivity index (χ1n) is 7.58. The third kappa shape index (κ3) is 2.55. The number of fused-ring (bicyclic) bond motifs is 1. The van der Waals surface area contributed by atoms with Crippen LogP contribution >= 0.6 is 0 Å². The van der Waals surface area contributed by atoms with Crippen molar-refractivity contribution < 1.29 is 9.37 Å². The molecule has 1 saturated heterocycles. The van der Waals surface area contributed by atoms with Crippen LogP contribution in [0.15, 0.2) is 16.8 Å². The monoisotopic (exact) mass is 290 g/mol. The normalized spacial score (nSPS) is 21.5. The zero-order valence-corrected chi connectivity index (χ0v) is 12.6. The van der Waals surface area contributed by atoms with E-state index in [1.54, 1.807) is 0 Å². The van der Waals surface area contributed by atoms with Crippen molar-refractivity contribution in [3.8, 4) is 0 Å². The summed E-state index contributed by atoms with van der Waals surface area (Å²) in [5, 5.41) is 11.4. The van der Waals surface area contributed by atoms with Crippen LogP contribution in [0, 0.1) is 0 Å². The van der Waals surface area contributed by atoms with E-state index in [9.17, 15) is 0 Å². The topological polar surface area (TPSA) is 86.2 Å². The van der Waals surface area contributed by atoms with Crippen LogP contribution in [0.3, 0.4) is 0 Å². The van der Waals surface area contributed by atoms with Gasteiger partial charge in [0.1, 0.15) is 0 Å². The van der Waals surface area contributed by atoms with E-state index < -0.39 is 0 Å². The minimum absolute atomic E-state index is 0.00901. The van der Waals surface area contributed by atoms with Gasteiger partial charge < -0.3 is 15.8 Å². The molecule has 114 valence electrons. The summed E-state index contributed by atoms with van der Waals surface area (Å²) < 4.78 is 10.8. The van der Waals surface area contributed by atoms with Crippen molar-refractivity contribution in [3.05, 3.63) is 12.1 Å². The molecular weight excluding hydrogens is 268 g/mol. The molecule has 2 aromatic rings. The second-order valence-corrected chi connectivity index (χ2v) is 5.74. The first-order valence-corrected chi connectivity index (χ1v) is 7.58. The SMILES string of the molecule is CCC1(CC)CC(Nc2ccc(N)c3nonc23)CCO1. The summed E-state index contributed by atoms with van der Waals surface area (Å²) in [6, 6.07) is 4.14. The van der Waals surface area contributed by atoms with Gasteiger partial charge in [-0.3, -0.25) is 0 Å². The van der Waals surface area contributed by atoms with Crippen LogP contribution < -0.4 is 11.1 Å². The van der Waals surface area contributed by atoms with E-state index in [1.807, 2.05) is 12.1 Å². The second kappa shape index (κ2) is 5.52. The summed E-state index contributed by atoms with van der Waals surface area (Å²) in [7, 11) is 0. The molecule has 1 aliphatic rings. The number of nitrogens with two attached hydrogens (primary N) is 1. The van der Waals surface area contributed by atoms with E-state index in [-0.39, 0.29) is 5.60 Å². The maximum absolute atomic E-state index is 6.02. The number of anilines is 2. The lowest BCUT2D eigenvalue weighted by Gasteiger charge is -2.40. The molecule has 1 unspecified atom stereocenters. The summed E-state index contributed by atoms with van der Waals surface area (Å²) in [5.74, 6) is 0. The molecule has 3 N–H and O–H groups in total. The summed E-state index contributed by atoms with van der Waals surface area (Å²) in [6.45, 7) is 5.16. The number of nitrogens with zero attached hydrogens (tertiary/aromatic N) is 2. The molecule has 0 amide bonds. The Bertz CT molecular complexity index is 621. The lowest BCUT2D eigenvalue weighted by molar-refractivity contribution is -0.0864. The van der Waals surface area contributed by atoms with E-state index in [0.717, 1.165) is 38.0 Å². The molecule has 1 atom stereocenters. The van der Waals surface area contributed by atoms with Crippen LogP contribution in [-0.4, -0.2) is 28.6 Å². The number of nitrogens with one attached hydrogen (secondary N) is 1. The van der Waals surface area contributed by atoms with Gasteiger partial charge in [-0.25, -0.2) is 4.63 Å². The van der Waals surface area contributed by atoms with Crippen molar-refractivity contribution in [2.24, 2.45) is 0 Å². The third-order valence-corrected chi connectivity index (χ3v) is 4.59. The molecule has 6 nitrogen and oxygen atoms in total. The summed E-state index contributed by atoms with van der Waals surface area (Å²) >= 11 is 0. The van der Waals surface area contributed by atoms with Crippen molar-refractivity contribution in [3.63, 3.8) is 0 Å². The first kappa shape index (κ1) is 14.1. The summed E-state index contributed by atoms with van der Waals surface area (Å²) in [6.07, 6.45) is 4.05. The Labute approximate surface area is 124 Å². The molecule has 1 aromatic heterocycles. The molecule has 0 radical (unpaired) electrons. The van der Waals surface area contributed by atoms with Gasteiger partial charge in [-0.2, -0.15) is 0 Å². The third-order valence-electron chi connectivity index (χ3n) is 4.59. The minimum Gasteiger partial charge on any atom is -0.397 e. The molecule has 0 bridgehead atoms. The Morgan fingerprint density at radius 1 is 1.29 bits per heavy atom. The Kier molecular flexibility index (Phi) is 3.71. The number of hydrogen-bond acceptors (Lipinski definition) is 6. The van der Waals surface area contributed by atoms with Crippen LogP contribution in [-0.2, 0) is 4.74 Å². The lowest BCUT2D eigenvalue weighted by Crippen LogP contribution is -2.43.